The summed E-state index contributed by atoms with van der Waals surface area (Å²) < 4.78 is 12.4. The van der Waals surface area contributed by atoms with Crippen molar-refractivity contribution in [2.75, 3.05) is 0 Å². The Balaban J connectivity index is 2.37. The first-order chi connectivity index (χ1) is 9.13. The molecule has 19 heavy (non-hydrogen) atoms. The van der Waals surface area contributed by atoms with Crippen LogP contribution in [0.1, 0.15) is 19.8 Å². The summed E-state index contributed by atoms with van der Waals surface area (Å²) in [6.45, 7) is 1.90. The van der Waals surface area contributed by atoms with Gasteiger partial charge in [-0.05, 0) is 29.3 Å². The largest absolute Gasteiger partial charge is 0.480 e. The predicted octanol–water partition coefficient (Wildman–Crippen LogP) is 3.20. The number of hydrogen-bond donors (Lipinski definition) is 1. The van der Waals surface area contributed by atoms with Crippen molar-refractivity contribution in [1.29, 1.82) is 0 Å². The minimum absolute atomic E-state index is 0.425. The van der Waals surface area contributed by atoms with Gasteiger partial charge in [0.05, 0.1) is 10.8 Å². The minimum Gasteiger partial charge on any atom is -0.480 e. The van der Waals surface area contributed by atoms with Crippen LogP contribution < -0.4 is 0 Å². The zero-order valence-electron chi connectivity index (χ0n) is 10.7. The van der Waals surface area contributed by atoms with E-state index < -0.39 is 22.0 Å². The first-order valence-electron chi connectivity index (χ1n) is 6.25. The van der Waals surface area contributed by atoms with Crippen LogP contribution in [0.25, 0.3) is 10.8 Å². The zero-order valence-corrected chi connectivity index (χ0v) is 11.5. The molecule has 0 radical (unpaired) electrons. The number of fused-ring (bicyclic) bond motifs is 1. The Morgan fingerprint density at radius 1 is 1.21 bits per heavy atom. The lowest BCUT2D eigenvalue weighted by Gasteiger charge is -2.11. The molecule has 2 unspecified atom stereocenters. The van der Waals surface area contributed by atoms with Crippen LogP contribution in [0.5, 0.6) is 0 Å². The molecule has 0 aliphatic rings. The quantitative estimate of drug-likeness (QED) is 0.912. The van der Waals surface area contributed by atoms with Gasteiger partial charge < -0.3 is 5.11 Å². The summed E-state index contributed by atoms with van der Waals surface area (Å²) >= 11 is 0. The van der Waals surface area contributed by atoms with E-state index in [9.17, 15) is 9.00 Å². The molecule has 100 valence electrons. The van der Waals surface area contributed by atoms with Crippen LogP contribution in [-0.2, 0) is 15.6 Å². The SMILES string of the molecule is CCCC(C(=O)O)S(=O)c1ccc2ccccc2c1. The minimum atomic E-state index is -1.51. The van der Waals surface area contributed by atoms with Gasteiger partial charge in [-0.1, -0.05) is 43.7 Å². The fourth-order valence-corrected chi connectivity index (χ4v) is 3.45. The molecule has 0 spiro atoms. The van der Waals surface area contributed by atoms with Gasteiger partial charge in [-0.3, -0.25) is 9.00 Å². The summed E-state index contributed by atoms with van der Waals surface area (Å²) in [4.78, 5) is 11.8. The molecule has 0 aromatic heterocycles. The Morgan fingerprint density at radius 3 is 2.53 bits per heavy atom. The number of aliphatic carboxylic acids is 1. The highest BCUT2D eigenvalue weighted by molar-refractivity contribution is 7.86. The normalized spacial score (nSPS) is 14.2. The first-order valence-corrected chi connectivity index (χ1v) is 7.47. The lowest BCUT2D eigenvalue weighted by Crippen LogP contribution is -2.25. The van der Waals surface area contributed by atoms with Gasteiger partial charge in [0.25, 0.3) is 0 Å². The van der Waals surface area contributed by atoms with Gasteiger partial charge >= 0.3 is 5.97 Å². The van der Waals surface area contributed by atoms with Crippen molar-refractivity contribution in [3.63, 3.8) is 0 Å². The second kappa shape index (κ2) is 5.97. The van der Waals surface area contributed by atoms with E-state index in [0.717, 1.165) is 10.8 Å². The van der Waals surface area contributed by atoms with Gasteiger partial charge in [-0.15, -0.1) is 0 Å². The number of benzene rings is 2. The van der Waals surface area contributed by atoms with E-state index in [4.69, 9.17) is 5.11 Å². The Kier molecular flexibility index (Phi) is 4.32. The first kappa shape index (κ1) is 13.7. The predicted molar refractivity (Wildman–Crippen MR) is 76.7 cm³/mol. The molecule has 0 saturated heterocycles. The molecule has 0 aliphatic carbocycles. The van der Waals surface area contributed by atoms with Crippen molar-refractivity contribution in [1.82, 2.24) is 0 Å². The van der Waals surface area contributed by atoms with Crippen molar-refractivity contribution < 1.29 is 14.1 Å². The molecule has 2 aromatic rings. The maximum atomic E-state index is 12.4. The summed E-state index contributed by atoms with van der Waals surface area (Å²) in [5.74, 6) is -0.992. The van der Waals surface area contributed by atoms with Crippen LogP contribution in [0, 0.1) is 0 Å². The topological polar surface area (TPSA) is 54.4 Å². The summed E-state index contributed by atoms with van der Waals surface area (Å²) in [7, 11) is -1.51. The van der Waals surface area contributed by atoms with Gasteiger partial charge in [0.2, 0.25) is 0 Å². The molecule has 0 aliphatic heterocycles. The smallest absolute Gasteiger partial charge is 0.319 e. The molecule has 0 heterocycles. The van der Waals surface area contributed by atoms with Crippen LogP contribution in [0.3, 0.4) is 0 Å². The van der Waals surface area contributed by atoms with Crippen molar-refractivity contribution in [3.05, 3.63) is 42.5 Å². The molecular weight excluding hydrogens is 260 g/mol. The molecule has 2 aromatic carbocycles. The molecule has 0 saturated carbocycles. The van der Waals surface area contributed by atoms with Gasteiger partial charge in [0, 0.05) is 4.90 Å². The monoisotopic (exact) mass is 276 g/mol. The Morgan fingerprint density at radius 2 is 1.89 bits per heavy atom. The van der Waals surface area contributed by atoms with E-state index in [2.05, 4.69) is 0 Å². The Labute approximate surface area is 114 Å². The highest BCUT2D eigenvalue weighted by Gasteiger charge is 2.24. The van der Waals surface area contributed by atoms with Crippen LogP contribution in [0.2, 0.25) is 0 Å². The van der Waals surface area contributed by atoms with E-state index >= 15 is 0 Å². The number of carbonyl (C=O) groups is 1. The van der Waals surface area contributed by atoms with Crippen LogP contribution in [0.4, 0.5) is 0 Å². The van der Waals surface area contributed by atoms with Gasteiger partial charge in [-0.25, -0.2) is 0 Å². The third kappa shape index (κ3) is 3.01. The van der Waals surface area contributed by atoms with Crippen LogP contribution in [0.15, 0.2) is 47.4 Å². The molecule has 1 N–H and O–H groups in total. The summed E-state index contributed by atoms with van der Waals surface area (Å²) in [5.41, 5.74) is 0. The number of carboxylic acids is 1. The molecule has 4 heteroatoms. The van der Waals surface area contributed by atoms with E-state index in [1.54, 1.807) is 6.07 Å². The summed E-state index contributed by atoms with van der Waals surface area (Å²) in [6.07, 6.45) is 1.13. The second-order valence-corrected chi connectivity index (χ2v) is 6.06. The van der Waals surface area contributed by atoms with E-state index in [1.165, 1.54) is 0 Å². The van der Waals surface area contributed by atoms with Crippen molar-refractivity contribution in [3.8, 4) is 0 Å². The summed E-state index contributed by atoms with van der Waals surface area (Å²) in [6, 6.07) is 13.2. The molecule has 0 fully saturated rings. The van der Waals surface area contributed by atoms with Gasteiger partial charge in [-0.2, -0.15) is 0 Å². The number of rotatable bonds is 5. The molecule has 2 rings (SSSR count). The number of hydrogen-bond acceptors (Lipinski definition) is 2. The average molecular weight is 276 g/mol. The van der Waals surface area contributed by atoms with Crippen molar-refractivity contribution in [2.24, 2.45) is 0 Å². The second-order valence-electron chi connectivity index (χ2n) is 4.42. The van der Waals surface area contributed by atoms with E-state index in [1.807, 2.05) is 43.3 Å². The lowest BCUT2D eigenvalue weighted by molar-refractivity contribution is -0.136. The average Bonchev–Trinajstić information content (AvgIpc) is 2.43. The highest BCUT2D eigenvalue weighted by atomic mass is 32.2. The standard InChI is InChI=1S/C15H16O3S/c1-2-5-14(15(16)17)19(18)13-9-8-11-6-3-4-7-12(11)10-13/h3-4,6-10,14H,2,5H2,1H3,(H,16,17). The van der Waals surface area contributed by atoms with Gasteiger partial charge in [0.15, 0.2) is 0 Å². The molecule has 3 nitrogen and oxygen atoms in total. The molecular formula is C15H16O3S. The Hall–Kier alpha value is -1.68. The van der Waals surface area contributed by atoms with E-state index in [-0.39, 0.29) is 0 Å². The molecule has 0 amide bonds. The Bertz CT molecular complexity index is 622. The zero-order chi connectivity index (χ0) is 13.8. The number of carboxylic acid groups (broad SMARTS) is 1. The fourth-order valence-electron chi connectivity index (χ4n) is 2.04. The molecule has 2 atom stereocenters. The van der Waals surface area contributed by atoms with Crippen molar-refractivity contribution in [2.45, 2.75) is 29.9 Å². The maximum absolute atomic E-state index is 12.4. The third-order valence-electron chi connectivity index (χ3n) is 3.04. The van der Waals surface area contributed by atoms with Crippen LogP contribution >= 0.6 is 0 Å². The van der Waals surface area contributed by atoms with Crippen LogP contribution in [-0.4, -0.2) is 20.5 Å². The van der Waals surface area contributed by atoms with E-state index in [0.29, 0.717) is 17.7 Å². The summed E-state index contributed by atoms with van der Waals surface area (Å²) in [5, 5.41) is 10.4. The van der Waals surface area contributed by atoms with Crippen molar-refractivity contribution >= 4 is 27.5 Å². The third-order valence-corrected chi connectivity index (χ3v) is 4.71. The maximum Gasteiger partial charge on any atom is 0.319 e. The van der Waals surface area contributed by atoms with Gasteiger partial charge in [0.1, 0.15) is 5.25 Å². The lowest BCUT2D eigenvalue weighted by atomic mass is 10.1. The molecule has 0 bridgehead atoms. The fraction of sp³-hybridized carbons (Fsp3) is 0.267. The highest BCUT2D eigenvalue weighted by Crippen LogP contribution is 2.21.